The summed E-state index contributed by atoms with van der Waals surface area (Å²) in [4.78, 5) is 38.8. The fourth-order valence-electron chi connectivity index (χ4n) is 2.62. The summed E-state index contributed by atoms with van der Waals surface area (Å²) in [6.45, 7) is 1.96. The Balaban J connectivity index is 2.05. The highest BCUT2D eigenvalue weighted by Gasteiger charge is 2.33. The van der Waals surface area contributed by atoms with Crippen LogP contribution in [-0.4, -0.2) is 37.5 Å². The number of hydrogen-bond donors (Lipinski definition) is 1. The average Bonchev–Trinajstić information content (AvgIpc) is 2.98. The number of hydrogen-bond acceptors (Lipinski definition) is 8. The Bertz CT molecular complexity index is 1120. The van der Waals surface area contributed by atoms with Crippen molar-refractivity contribution in [2.24, 2.45) is 4.99 Å². The summed E-state index contributed by atoms with van der Waals surface area (Å²) in [5.41, 5.74) is -1.29. The smallest absolute Gasteiger partial charge is 0.318 e. The van der Waals surface area contributed by atoms with Crippen molar-refractivity contribution >= 4 is 46.0 Å². The van der Waals surface area contributed by atoms with Gasteiger partial charge in [-0.1, -0.05) is 0 Å². The number of aromatic hydroxyl groups is 1. The Kier molecular flexibility index (Phi) is 5.78. The van der Waals surface area contributed by atoms with E-state index in [0.717, 1.165) is 23.9 Å². The molecule has 30 heavy (non-hydrogen) atoms. The van der Waals surface area contributed by atoms with Crippen LogP contribution in [0.2, 0.25) is 0 Å². The highest BCUT2D eigenvalue weighted by Crippen LogP contribution is 2.39. The number of thioether (sulfide) groups is 1. The molecule has 154 valence electrons. The molecule has 0 aliphatic carbocycles. The van der Waals surface area contributed by atoms with Crippen molar-refractivity contribution < 1.29 is 24.1 Å². The molecule has 0 unspecified atom stereocenters. The Labute approximate surface area is 172 Å². The molecule has 0 radical (unpaired) electrons. The first-order chi connectivity index (χ1) is 14.2. The van der Waals surface area contributed by atoms with Crippen LogP contribution in [0.5, 0.6) is 5.75 Å². The van der Waals surface area contributed by atoms with Gasteiger partial charge in [-0.25, -0.2) is 9.38 Å². The molecule has 0 atom stereocenters. The number of amides is 1. The fraction of sp³-hybridized carbons (Fsp3) is 0.111. The Morgan fingerprint density at radius 3 is 2.43 bits per heavy atom. The van der Waals surface area contributed by atoms with Crippen molar-refractivity contribution in [3.63, 3.8) is 0 Å². The standard InChI is InChI=1S/C18H13FN4O6S/c1-2-21-17(25)15(30-18(21)20-12-5-3-11(19)4-6-12)8-10-7-13(22(26)27)9-14(16(10)24)23(28)29/h3-9,24H,2H2,1H3/b15-8+,20-18?. The molecule has 3 rings (SSSR count). The van der Waals surface area contributed by atoms with Crippen molar-refractivity contribution in [3.05, 3.63) is 72.9 Å². The van der Waals surface area contributed by atoms with Crippen molar-refractivity contribution in [1.82, 2.24) is 4.90 Å². The third-order valence-corrected chi connectivity index (χ3v) is 5.06. The number of halogens is 1. The summed E-state index contributed by atoms with van der Waals surface area (Å²) in [6, 6.07) is 6.87. The van der Waals surface area contributed by atoms with Crippen LogP contribution in [-0.2, 0) is 4.79 Å². The number of non-ortho nitro benzene ring substituents is 1. The van der Waals surface area contributed by atoms with Gasteiger partial charge in [0.15, 0.2) is 5.17 Å². The van der Waals surface area contributed by atoms with Crippen molar-refractivity contribution in [2.45, 2.75) is 6.92 Å². The van der Waals surface area contributed by atoms with E-state index in [0.29, 0.717) is 11.8 Å². The van der Waals surface area contributed by atoms with E-state index in [4.69, 9.17) is 0 Å². The molecule has 1 amide bonds. The van der Waals surface area contributed by atoms with Gasteiger partial charge in [0.25, 0.3) is 11.6 Å². The second-order valence-corrected chi connectivity index (χ2v) is 6.96. The molecule has 1 heterocycles. The molecule has 2 aromatic rings. The average molecular weight is 432 g/mol. The first-order valence-electron chi connectivity index (χ1n) is 8.42. The normalized spacial score (nSPS) is 16.5. The van der Waals surface area contributed by atoms with E-state index in [1.165, 1.54) is 29.2 Å². The molecule has 1 N–H and O–H groups in total. The quantitative estimate of drug-likeness (QED) is 0.428. The maximum Gasteiger partial charge on any atom is 0.318 e. The van der Waals surface area contributed by atoms with Crippen molar-refractivity contribution in [1.29, 1.82) is 0 Å². The minimum atomic E-state index is -0.951. The number of amidine groups is 1. The molecular formula is C18H13FN4O6S. The van der Waals surface area contributed by atoms with E-state index in [1.54, 1.807) is 6.92 Å². The van der Waals surface area contributed by atoms with E-state index in [9.17, 15) is 34.5 Å². The highest BCUT2D eigenvalue weighted by molar-refractivity contribution is 8.18. The minimum absolute atomic E-state index is 0.0582. The van der Waals surface area contributed by atoms with Gasteiger partial charge in [0, 0.05) is 18.2 Å². The number of carbonyl (C=O) groups excluding carboxylic acids is 1. The van der Waals surface area contributed by atoms with Crippen LogP contribution in [0, 0.1) is 26.0 Å². The molecule has 0 bridgehead atoms. The Morgan fingerprint density at radius 1 is 1.20 bits per heavy atom. The SMILES string of the molecule is CCN1C(=O)/C(=C\c2cc([N+](=O)[O-])cc([N+](=O)[O-])c2O)SC1=Nc1ccc(F)cc1. The number of likely N-dealkylation sites (N-methyl/N-ethyl adjacent to an activating group) is 1. The number of nitrogens with zero attached hydrogens (tertiary/aromatic N) is 4. The van der Waals surface area contributed by atoms with Crippen LogP contribution in [0.1, 0.15) is 12.5 Å². The van der Waals surface area contributed by atoms with E-state index in [1.807, 2.05) is 0 Å². The number of rotatable bonds is 5. The monoisotopic (exact) mass is 432 g/mol. The van der Waals surface area contributed by atoms with Gasteiger partial charge in [-0.3, -0.25) is 29.9 Å². The van der Waals surface area contributed by atoms with Crippen LogP contribution in [0.4, 0.5) is 21.5 Å². The van der Waals surface area contributed by atoms with Gasteiger partial charge < -0.3 is 5.11 Å². The second-order valence-electron chi connectivity index (χ2n) is 5.95. The summed E-state index contributed by atoms with van der Waals surface area (Å²) < 4.78 is 13.1. The number of carbonyl (C=O) groups is 1. The summed E-state index contributed by atoms with van der Waals surface area (Å²) in [7, 11) is 0. The maximum absolute atomic E-state index is 13.1. The lowest BCUT2D eigenvalue weighted by Crippen LogP contribution is -2.28. The topological polar surface area (TPSA) is 139 Å². The number of phenolic OH excluding ortho intramolecular Hbond substituents is 1. The lowest BCUT2D eigenvalue weighted by molar-refractivity contribution is -0.394. The van der Waals surface area contributed by atoms with Gasteiger partial charge in [0.1, 0.15) is 5.82 Å². The number of nitro benzene ring substituents is 2. The number of benzene rings is 2. The summed E-state index contributed by atoms with van der Waals surface area (Å²) in [6.07, 6.45) is 1.14. The summed E-state index contributed by atoms with van der Waals surface area (Å²) >= 11 is 0.925. The van der Waals surface area contributed by atoms with Gasteiger partial charge in [0.05, 0.1) is 26.5 Å². The molecule has 1 aliphatic rings. The number of aliphatic imine (C=N–C) groups is 1. The van der Waals surface area contributed by atoms with Crippen LogP contribution < -0.4 is 0 Å². The van der Waals surface area contributed by atoms with E-state index < -0.39 is 38.7 Å². The third kappa shape index (κ3) is 4.12. The fourth-order valence-corrected chi connectivity index (χ4v) is 3.67. The van der Waals surface area contributed by atoms with Gasteiger partial charge in [-0.15, -0.1) is 0 Å². The molecule has 0 saturated carbocycles. The van der Waals surface area contributed by atoms with E-state index >= 15 is 0 Å². The van der Waals surface area contributed by atoms with E-state index in [2.05, 4.69) is 4.99 Å². The van der Waals surface area contributed by atoms with Gasteiger partial charge >= 0.3 is 5.69 Å². The van der Waals surface area contributed by atoms with Gasteiger partial charge in [-0.2, -0.15) is 0 Å². The molecule has 1 fully saturated rings. The lowest BCUT2D eigenvalue weighted by Gasteiger charge is -2.11. The van der Waals surface area contributed by atoms with Crippen molar-refractivity contribution in [2.75, 3.05) is 6.54 Å². The number of phenols is 1. The zero-order valence-electron chi connectivity index (χ0n) is 15.3. The van der Waals surface area contributed by atoms with Gasteiger partial charge in [-0.05, 0) is 49.0 Å². The van der Waals surface area contributed by atoms with Gasteiger partial charge in [0.2, 0.25) is 5.75 Å². The zero-order chi connectivity index (χ0) is 22.0. The predicted octanol–water partition coefficient (Wildman–Crippen LogP) is 3.97. The largest absolute Gasteiger partial charge is 0.502 e. The number of nitro groups is 2. The lowest BCUT2D eigenvalue weighted by atomic mass is 10.1. The molecule has 1 aliphatic heterocycles. The van der Waals surface area contributed by atoms with Crippen LogP contribution in [0.3, 0.4) is 0 Å². The molecule has 0 aromatic heterocycles. The Morgan fingerprint density at radius 2 is 1.87 bits per heavy atom. The van der Waals surface area contributed by atoms with Crippen LogP contribution in [0.15, 0.2) is 46.3 Å². The second kappa shape index (κ2) is 8.29. The first-order valence-corrected chi connectivity index (χ1v) is 9.24. The first kappa shape index (κ1) is 20.9. The van der Waals surface area contributed by atoms with Crippen LogP contribution in [0.25, 0.3) is 6.08 Å². The van der Waals surface area contributed by atoms with Crippen molar-refractivity contribution in [3.8, 4) is 5.75 Å². The summed E-state index contributed by atoms with van der Waals surface area (Å²) in [5, 5.41) is 32.6. The Hall–Kier alpha value is -3.80. The highest BCUT2D eigenvalue weighted by atomic mass is 32.2. The zero-order valence-corrected chi connectivity index (χ0v) is 16.1. The van der Waals surface area contributed by atoms with Crippen LogP contribution >= 0.6 is 11.8 Å². The predicted molar refractivity (Wildman–Crippen MR) is 108 cm³/mol. The molecule has 12 heteroatoms. The molecule has 10 nitrogen and oxygen atoms in total. The molecule has 2 aromatic carbocycles. The molecule has 1 saturated heterocycles. The maximum atomic E-state index is 13.1. The minimum Gasteiger partial charge on any atom is -0.502 e. The third-order valence-electron chi connectivity index (χ3n) is 4.05. The molecule has 0 spiro atoms. The molecular weight excluding hydrogens is 419 g/mol. The van der Waals surface area contributed by atoms with E-state index in [-0.39, 0.29) is 22.2 Å². The summed E-state index contributed by atoms with van der Waals surface area (Å²) in [5.74, 6) is -1.72.